The number of hydrogen-bond acceptors (Lipinski definition) is 11. The molecule has 0 saturated carbocycles. The van der Waals surface area contributed by atoms with Crippen LogP contribution in [0.3, 0.4) is 0 Å². The second kappa shape index (κ2) is 8.92. The predicted octanol–water partition coefficient (Wildman–Crippen LogP) is 2.88. The summed E-state index contributed by atoms with van der Waals surface area (Å²) in [7, 11) is 0. The van der Waals surface area contributed by atoms with Gasteiger partial charge >= 0.3 is 0 Å². The molecule has 0 radical (unpaired) electrons. The minimum absolute atomic E-state index is 0.0115. The summed E-state index contributed by atoms with van der Waals surface area (Å²) in [6.45, 7) is 0.884. The Morgan fingerprint density at radius 2 is 1.10 bits per heavy atom. The van der Waals surface area contributed by atoms with E-state index in [9.17, 15) is 4.79 Å². The molecule has 11 heteroatoms. The van der Waals surface area contributed by atoms with Gasteiger partial charge in [-0.15, -0.1) is 0 Å². The molecule has 2 aromatic heterocycles. The van der Waals surface area contributed by atoms with Crippen molar-refractivity contribution < 1.29 is 14.3 Å². The molecular weight excluding hydrogens is 496 g/mol. The maximum Gasteiger partial charge on any atom is 0.242 e. The zero-order chi connectivity index (χ0) is 27.1. The van der Waals surface area contributed by atoms with Gasteiger partial charge in [0, 0.05) is 22.3 Å². The van der Waals surface area contributed by atoms with Crippen LogP contribution in [0.25, 0.3) is 22.5 Å². The number of benzene rings is 2. The van der Waals surface area contributed by atoms with Crippen LogP contribution in [-0.2, 0) is 15.3 Å². The summed E-state index contributed by atoms with van der Waals surface area (Å²) in [6.07, 6.45) is 0. The molecule has 4 aromatic rings. The molecule has 1 saturated heterocycles. The molecule has 2 aromatic carbocycles. The smallest absolute Gasteiger partial charge is 0.242 e. The third-order valence-electron chi connectivity index (χ3n) is 6.40. The molecule has 7 rings (SSSR count). The van der Waals surface area contributed by atoms with Gasteiger partial charge in [-0.3, -0.25) is 4.79 Å². The highest BCUT2D eigenvalue weighted by atomic mass is 16.7. The number of carbonyl (C=O) groups is 1. The van der Waals surface area contributed by atoms with Gasteiger partial charge in [-0.2, -0.15) is 21.0 Å². The van der Waals surface area contributed by atoms with Crippen molar-refractivity contribution in [2.24, 2.45) is 0 Å². The number of aromatic nitrogens is 4. The molecule has 0 bridgehead atoms. The summed E-state index contributed by atoms with van der Waals surface area (Å²) in [4.78, 5) is 28.7. The summed E-state index contributed by atoms with van der Waals surface area (Å²) in [6, 6.07) is 21.9. The summed E-state index contributed by atoms with van der Waals surface area (Å²) >= 11 is 0. The zero-order valence-corrected chi connectivity index (χ0v) is 19.8. The molecule has 1 fully saturated rings. The summed E-state index contributed by atoms with van der Waals surface area (Å²) in [5.74, 6) is -1.35. The van der Waals surface area contributed by atoms with Crippen LogP contribution in [0, 0.1) is 45.3 Å². The Morgan fingerprint density at radius 3 is 1.72 bits per heavy atom. The van der Waals surface area contributed by atoms with Crippen molar-refractivity contribution in [2.45, 2.75) is 5.79 Å². The van der Waals surface area contributed by atoms with Crippen molar-refractivity contribution in [1.82, 2.24) is 19.9 Å². The van der Waals surface area contributed by atoms with Crippen LogP contribution < -0.4 is 0 Å². The van der Waals surface area contributed by atoms with Gasteiger partial charge in [0.25, 0.3) is 0 Å². The molecule has 3 aliphatic rings. The Balaban J connectivity index is 0.000000144. The van der Waals surface area contributed by atoms with E-state index in [0.717, 1.165) is 11.1 Å². The first kappa shape index (κ1) is 23.5. The number of nitriles is 4. The highest BCUT2D eigenvalue weighted by Crippen LogP contribution is 2.50. The van der Waals surface area contributed by atoms with Crippen LogP contribution in [0.4, 0.5) is 0 Å². The third kappa shape index (κ3) is 3.37. The van der Waals surface area contributed by atoms with Crippen molar-refractivity contribution in [1.29, 1.82) is 21.0 Å². The standard InChI is InChI=1S/C15H8N4O2.C13H4N4O/c16-7-11-12(8-17)19-14-13(18-11)9-3-1-2-4-10(9)15(14)20-5-6-21-15;14-5-9-10(6-15)17-12-11(16-9)7-3-1-2-4-8(7)13(12)18/h1-4H,5-6H2;1-4H. The van der Waals surface area contributed by atoms with E-state index in [0.29, 0.717) is 41.4 Å². The lowest BCUT2D eigenvalue weighted by molar-refractivity contribution is -0.129. The number of fused-ring (bicyclic) bond motifs is 8. The van der Waals surface area contributed by atoms with Gasteiger partial charge in [-0.25, -0.2) is 19.9 Å². The van der Waals surface area contributed by atoms with Crippen LogP contribution in [0.2, 0.25) is 0 Å². The zero-order valence-electron chi connectivity index (χ0n) is 19.8. The topological polar surface area (TPSA) is 182 Å². The Kier molecular flexibility index (Phi) is 5.38. The van der Waals surface area contributed by atoms with Crippen LogP contribution >= 0.6 is 0 Å². The largest absolute Gasteiger partial charge is 0.339 e. The molecule has 182 valence electrons. The molecule has 1 spiro atoms. The van der Waals surface area contributed by atoms with E-state index >= 15 is 0 Å². The average molecular weight is 508 g/mol. The molecule has 0 atom stereocenters. The van der Waals surface area contributed by atoms with Crippen LogP contribution in [0.15, 0.2) is 48.5 Å². The number of ketones is 1. The normalized spacial score (nSPS) is 14.4. The number of nitrogens with zero attached hydrogens (tertiary/aromatic N) is 8. The van der Waals surface area contributed by atoms with E-state index in [1.165, 1.54) is 0 Å². The Labute approximate surface area is 220 Å². The van der Waals surface area contributed by atoms with Crippen molar-refractivity contribution in [3.05, 3.63) is 93.8 Å². The summed E-state index contributed by atoms with van der Waals surface area (Å²) < 4.78 is 11.6. The minimum Gasteiger partial charge on any atom is -0.339 e. The molecule has 11 nitrogen and oxygen atoms in total. The monoisotopic (exact) mass is 508 g/mol. The van der Waals surface area contributed by atoms with E-state index in [1.54, 1.807) is 30.3 Å². The van der Waals surface area contributed by atoms with E-state index in [-0.39, 0.29) is 34.3 Å². The van der Waals surface area contributed by atoms with Gasteiger partial charge in [0.15, 0.2) is 22.8 Å². The SMILES string of the molecule is N#Cc1nc2c(nc1C#N)-c1ccccc1C2=O.N#Cc1nc2c(nc1C#N)C1(OCCO1)c1ccccc1-2. The summed E-state index contributed by atoms with van der Waals surface area (Å²) in [5, 5.41) is 36.0. The van der Waals surface area contributed by atoms with E-state index in [4.69, 9.17) is 30.5 Å². The van der Waals surface area contributed by atoms with Crippen molar-refractivity contribution in [3.63, 3.8) is 0 Å². The molecule has 39 heavy (non-hydrogen) atoms. The number of carbonyl (C=O) groups excluding carboxylic acids is 1. The Bertz CT molecular complexity index is 1900. The fraction of sp³-hybridized carbons (Fsp3) is 0.107. The van der Waals surface area contributed by atoms with Gasteiger partial charge in [-0.05, 0) is 0 Å². The molecular formula is C28H12N8O3. The predicted molar refractivity (Wildman–Crippen MR) is 130 cm³/mol. The average Bonchev–Trinajstić information content (AvgIpc) is 3.67. The fourth-order valence-electron chi connectivity index (χ4n) is 4.77. The van der Waals surface area contributed by atoms with Crippen LogP contribution in [0.5, 0.6) is 0 Å². The van der Waals surface area contributed by atoms with Crippen molar-refractivity contribution in [2.75, 3.05) is 13.2 Å². The Morgan fingerprint density at radius 1 is 0.615 bits per heavy atom. The van der Waals surface area contributed by atoms with Gasteiger partial charge in [0.1, 0.15) is 41.4 Å². The van der Waals surface area contributed by atoms with Gasteiger partial charge in [0.2, 0.25) is 11.6 Å². The lowest BCUT2D eigenvalue weighted by Crippen LogP contribution is -2.27. The Hall–Kier alpha value is -5.85. The highest BCUT2D eigenvalue weighted by molar-refractivity contribution is 6.19. The number of ether oxygens (including phenoxy) is 2. The van der Waals surface area contributed by atoms with Gasteiger partial charge < -0.3 is 9.47 Å². The third-order valence-corrected chi connectivity index (χ3v) is 6.40. The second-order valence-corrected chi connectivity index (χ2v) is 8.42. The maximum atomic E-state index is 12.1. The quantitative estimate of drug-likeness (QED) is 0.300. The lowest BCUT2D eigenvalue weighted by atomic mass is 10.1. The van der Waals surface area contributed by atoms with Gasteiger partial charge in [-0.1, -0.05) is 48.5 Å². The lowest BCUT2D eigenvalue weighted by Gasteiger charge is -2.23. The number of hydrogen-bond donors (Lipinski definition) is 0. The first-order chi connectivity index (χ1) is 19.1. The molecule has 2 aliphatic carbocycles. The first-order valence-electron chi connectivity index (χ1n) is 11.5. The minimum atomic E-state index is -1.10. The molecule has 1 aliphatic heterocycles. The second-order valence-electron chi connectivity index (χ2n) is 8.42. The molecule has 0 unspecified atom stereocenters. The van der Waals surface area contributed by atoms with Crippen LogP contribution in [0.1, 0.15) is 50.1 Å². The molecule has 3 heterocycles. The molecule has 0 N–H and O–H groups in total. The fourth-order valence-corrected chi connectivity index (χ4v) is 4.77. The van der Waals surface area contributed by atoms with Gasteiger partial charge in [0.05, 0.1) is 18.9 Å². The van der Waals surface area contributed by atoms with Crippen molar-refractivity contribution >= 4 is 5.78 Å². The van der Waals surface area contributed by atoms with E-state index in [2.05, 4.69) is 19.9 Å². The summed E-state index contributed by atoms with van der Waals surface area (Å²) in [5.41, 5.74) is 4.16. The van der Waals surface area contributed by atoms with E-state index in [1.807, 2.05) is 42.5 Å². The maximum absolute atomic E-state index is 12.1. The van der Waals surface area contributed by atoms with E-state index < -0.39 is 5.79 Å². The highest BCUT2D eigenvalue weighted by Gasteiger charge is 2.51. The molecule has 0 amide bonds. The number of rotatable bonds is 0. The first-order valence-corrected chi connectivity index (χ1v) is 11.5. The van der Waals surface area contributed by atoms with Crippen molar-refractivity contribution in [3.8, 4) is 46.8 Å². The van der Waals surface area contributed by atoms with Crippen LogP contribution in [-0.4, -0.2) is 38.9 Å².